The van der Waals surface area contributed by atoms with E-state index in [0.29, 0.717) is 6.79 Å². The topological polar surface area (TPSA) is 27.7 Å². The summed E-state index contributed by atoms with van der Waals surface area (Å²) in [5.74, 6) is 3.23. The van der Waals surface area contributed by atoms with Gasteiger partial charge in [-0.25, -0.2) is 0 Å². The summed E-state index contributed by atoms with van der Waals surface area (Å²) in [5, 5.41) is 0. The molecule has 3 heteroatoms. The number of hydrogen-bond acceptors (Lipinski definition) is 3. The van der Waals surface area contributed by atoms with E-state index in [1.165, 1.54) is 12.8 Å². The molecule has 0 spiro atoms. The molecular weight excluding hydrogens is 216 g/mol. The van der Waals surface area contributed by atoms with Crippen molar-refractivity contribution in [3.63, 3.8) is 0 Å². The van der Waals surface area contributed by atoms with Gasteiger partial charge < -0.3 is 14.2 Å². The monoisotopic (exact) mass is 236 g/mol. The zero-order valence-electron chi connectivity index (χ0n) is 10.6. The Kier molecular flexibility index (Phi) is 4.13. The Morgan fingerprint density at radius 2 is 2.12 bits per heavy atom. The molecule has 0 amide bonds. The lowest BCUT2D eigenvalue weighted by molar-refractivity contribution is 0.173. The van der Waals surface area contributed by atoms with Crippen LogP contribution in [0.1, 0.15) is 33.1 Å². The van der Waals surface area contributed by atoms with Gasteiger partial charge in [-0.3, -0.25) is 0 Å². The van der Waals surface area contributed by atoms with E-state index in [-0.39, 0.29) is 0 Å². The van der Waals surface area contributed by atoms with E-state index >= 15 is 0 Å². The van der Waals surface area contributed by atoms with E-state index < -0.39 is 0 Å². The summed E-state index contributed by atoms with van der Waals surface area (Å²) in [4.78, 5) is 0. The van der Waals surface area contributed by atoms with Crippen LogP contribution < -0.4 is 14.2 Å². The summed E-state index contributed by atoms with van der Waals surface area (Å²) in [5.41, 5.74) is 0. The van der Waals surface area contributed by atoms with Crippen LogP contribution in [0.5, 0.6) is 17.2 Å². The second kappa shape index (κ2) is 5.80. The molecule has 0 radical (unpaired) electrons. The third kappa shape index (κ3) is 3.29. The summed E-state index contributed by atoms with van der Waals surface area (Å²) >= 11 is 0. The summed E-state index contributed by atoms with van der Waals surface area (Å²) in [6, 6.07) is 5.72. The molecule has 1 aliphatic heterocycles. The Bertz CT molecular complexity index is 362. The molecule has 0 bridgehead atoms. The molecule has 1 unspecified atom stereocenters. The van der Waals surface area contributed by atoms with Gasteiger partial charge in [-0.15, -0.1) is 0 Å². The molecule has 1 aromatic carbocycles. The largest absolute Gasteiger partial charge is 0.493 e. The molecule has 3 nitrogen and oxygen atoms in total. The van der Waals surface area contributed by atoms with E-state index in [1.54, 1.807) is 0 Å². The van der Waals surface area contributed by atoms with E-state index in [1.807, 2.05) is 18.2 Å². The van der Waals surface area contributed by atoms with Crippen LogP contribution in [-0.4, -0.2) is 13.4 Å². The fourth-order valence-corrected chi connectivity index (χ4v) is 1.79. The van der Waals surface area contributed by atoms with Crippen molar-refractivity contribution in [2.24, 2.45) is 5.92 Å². The maximum absolute atomic E-state index is 5.69. The maximum atomic E-state index is 5.69. The standard InChI is InChI=1S/C14H20O3/c1-3-11(2)5-4-8-15-12-6-7-13-14(9-12)17-10-16-13/h6-7,9,11H,3-5,8,10H2,1-2H3. The van der Waals surface area contributed by atoms with Gasteiger partial charge in [-0.2, -0.15) is 0 Å². The van der Waals surface area contributed by atoms with Crippen molar-refractivity contribution in [3.8, 4) is 17.2 Å². The predicted molar refractivity (Wildman–Crippen MR) is 66.7 cm³/mol. The highest BCUT2D eigenvalue weighted by Crippen LogP contribution is 2.35. The highest BCUT2D eigenvalue weighted by molar-refractivity contribution is 5.46. The van der Waals surface area contributed by atoms with Crippen LogP contribution in [-0.2, 0) is 0 Å². The van der Waals surface area contributed by atoms with Gasteiger partial charge in [0.15, 0.2) is 11.5 Å². The Morgan fingerprint density at radius 3 is 2.94 bits per heavy atom. The smallest absolute Gasteiger partial charge is 0.231 e. The minimum absolute atomic E-state index is 0.312. The Balaban J connectivity index is 1.76. The molecule has 0 saturated heterocycles. The summed E-state index contributed by atoms with van der Waals surface area (Å²) < 4.78 is 16.2. The first-order valence-corrected chi connectivity index (χ1v) is 6.32. The zero-order chi connectivity index (χ0) is 12.1. The van der Waals surface area contributed by atoms with Gasteiger partial charge in [0.2, 0.25) is 6.79 Å². The van der Waals surface area contributed by atoms with Crippen LogP contribution in [0, 0.1) is 5.92 Å². The van der Waals surface area contributed by atoms with Crippen molar-refractivity contribution in [1.29, 1.82) is 0 Å². The van der Waals surface area contributed by atoms with Gasteiger partial charge in [0, 0.05) is 6.07 Å². The van der Waals surface area contributed by atoms with Gasteiger partial charge in [-0.05, 0) is 30.9 Å². The van der Waals surface area contributed by atoms with Crippen LogP contribution >= 0.6 is 0 Å². The van der Waals surface area contributed by atoms with Crippen molar-refractivity contribution in [2.75, 3.05) is 13.4 Å². The summed E-state index contributed by atoms with van der Waals surface area (Å²) in [6.45, 7) is 5.58. The second-order valence-electron chi connectivity index (χ2n) is 4.52. The lowest BCUT2D eigenvalue weighted by Gasteiger charge is -2.09. The molecule has 0 N–H and O–H groups in total. The van der Waals surface area contributed by atoms with Gasteiger partial charge in [-0.1, -0.05) is 20.3 Å². The number of hydrogen-bond donors (Lipinski definition) is 0. The van der Waals surface area contributed by atoms with Gasteiger partial charge >= 0.3 is 0 Å². The van der Waals surface area contributed by atoms with Crippen molar-refractivity contribution >= 4 is 0 Å². The summed E-state index contributed by atoms with van der Waals surface area (Å²) in [7, 11) is 0. The minimum atomic E-state index is 0.312. The lowest BCUT2D eigenvalue weighted by Crippen LogP contribution is -2.00. The Hall–Kier alpha value is -1.38. The number of fused-ring (bicyclic) bond motifs is 1. The SMILES string of the molecule is CCC(C)CCCOc1ccc2c(c1)OCO2. The molecule has 0 saturated carbocycles. The molecule has 1 aliphatic rings. The number of benzene rings is 1. The predicted octanol–water partition coefficient (Wildman–Crippen LogP) is 3.62. The maximum Gasteiger partial charge on any atom is 0.231 e. The highest BCUT2D eigenvalue weighted by atomic mass is 16.7. The van der Waals surface area contributed by atoms with Crippen LogP contribution in [0.3, 0.4) is 0 Å². The van der Waals surface area contributed by atoms with Crippen molar-refractivity contribution in [2.45, 2.75) is 33.1 Å². The third-order valence-corrected chi connectivity index (χ3v) is 3.15. The second-order valence-corrected chi connectivity index (χ2v) is 4.52. The van der Waals surface area contributed by atoms with Crippen molar-refractivity contribution in [1.82, 2.24) is 0 Å². The fraction of sp³-hybridized carbons (Fsp3) is 0.571. The van der Waals surface area contributed by atoms with E-state index in [2.05, 4.69) is 13.8 Å². The van der Waals surface area contributed by atoms with Crippen LogP contribution in [0.4, 0.5) is 0 Å². The minimum Gasteiger partial charge on any atom is -0.493 e. The molecular formula is C14H20O3. The quantitative estimate of drug-likeness (QED) is 0.706. The molecule has 1 heterocycles. The van der Waals surface area contributed by atoms with Crippen LogP contribution in [0.2, 0.25) is 0 Å². The average Bonchev–Trinajstić information content (AvgIpc) is 2.81. The Morgan fingerprint density at radius 1 is 1.29 bits per heavy atom. The lowest BCUT2D eigenvalue weighted by atomic mass is 10.0. The van der Waals surface area contributed by atoms with Crippen LogP contribution in [0.25, 0.3) is 0 Å². The van der Waals surface area contributed by atoms with E-state index in [0.717, 1.165) is 36.2 Å². The average molecular weight is 236 g/mol. The molecule has 17 heavy (non-hydrogen) atoms. The van der Waals surface area contributed by atoms with Gasteiger partial charge in [0.05, 0.1) is 6.61 Å². The highest BCUT2D eigenvalue weighted by Gasteiger charge is 2.13. The van der Waals surface area contributed by atoms with Crippen LogP contribution in [0.15, 0.2) is 18.2 Å². The Labute approximate surface area is 103 Å². The molecule has 1 aromatic rings. The molecule has 1 atom stereocenters. The van der Waals surface area contributed by atoms with Gasteiger partial charge in [0.25, 0.3) is 0 Å². The molecule has 94 valence electrons. The van der Waals surface area contributed by atoms with Crippen molar-refractivity contribution < 1.29 is 14.2 Å². The van der Waals surface area contributed by atoms with Crippen molar-refractivity contribution in [3.05, 3.63) is 18.2 Å². The van der Waals surface area contributed by atoms with Gasteiger partial charge in [0.1, 0.15) is 5.75 Å². The molecule has 0 fully saturated rings. The number of ether oxygens (including phenoxy) is 3. The number of rotatable bonds is 6. The molecule has 2 rings (SSSR count). The molecule has 0 aromatic heterocycles. The normalized spacial score (nSPS) is 14.7. The van der Waals surface area contributed by atoms with E-state index in [9.17, 15) is 0 Å². The first-order chi connectivity index (χ1) is 8.29. The molecule has 0 aliphatic carbocycles. The third-order valence-electron chi connectivity index (χ3n) is 3.15. The van der Waals surface area contributed by atoms with E-state index in [4.69, 9.17) is 14.2 Å². The first-order valence-electron chi connectivity index (χ1n) is 6.32. The first kappa shape index (κ1) is 12.1. The zero-order valence-corrected chi connectivity index (χ0v) is 10.6. The summed E-state index contributed by atoms with van der Waals surface area (Å²) in [6.07, 6.45) is 3.56. The fourth-order valence-electron chi connectivity index (χ4n) is 1.79.